The first-order chi connectivity index (χ1) is 4.45. The third kappa shape index (κ3) is 5.76. The molecule has 1 N–H and O–H groups in total. The first-order valence-corrected chi connectivity index (χ1v) is 3.68. The summed E-state index contributed by atoms with van der Waals surface area (Å²) in [6.07, 6.45) is 0.968. The predicted octanol–water partition coefficient (Wildman–Crippen LogP) is 1.63. The van der Waals surface area contributed by atoms with Gasteiger partial charge in [0.15, 0.2) is 0 Å². The lowest BCUT2D eigenvalue weighted by molar-refractivity contribution is 0.0904. The normalized spacial score (nSPS) is 13.9. The van der Waals surface area contributed by atoms with E-state index in [-0.39, 0.29) is 0 Å². The zero-order chi connectivity index (χ0) is 8.20. The van der Waals surface area contributed by atoms with Gasteiger partial charge in [-0.3, -0.25) is 4.99 Å². The van der Waals surface area contributed by atoms with Crippen LogP contribution in [0.2, 0.25) is 0 Å². The van der Waals surface area contributed by atoms with Crippen LogP contribution in [-0.2, 0) is 0 Å². The summed E-state index contributed by atoms with van der Waals surface area (Å²) in [5.74, 6) is 0. The molecule has 2 heteroatoms. The first-order valence-electron chi connectivity index (χ1n) is 3.68. The Morgan fingerprint density at radius 3 is 2.30 bits per heavy atom. The third-order valence-corrected chi connectivity index (χ3v) is 1.25. The molecule has 60 valence electrons. The van der Waals surface area contributed by atoms with Gasteiger partial charge in [-0.2, -0.15) is 0 Å². The van der Waals surface area contributed by atoms with Gasteiger partial charge < -0.3 is 5.11 Å². The molecule has 0 aliphatic carbocycles. The van der Waals surface area contributed by atoms with Crippen molar-refractivity contribution < 1.29 is 5.11 Å². The SMILES string of the molecule is CCC(C)=NCC(C)(C)O. The Morgan fingerprint density at radius 2 is 2.00 bits per heavy atom. The average Bonchev–Trinajstić information content (AvgIpc) is 1.81. The van der Waals surface area contributed by atoms with Crippen molar-refractivity contribution in [2.45, 2.75) is 39.7 Å². The summed E-state index contributed by atoms with van der Waals surface area (Å²) in [4.78, 5) is 4.18. The van der Waals surface area contributed by atoms with Crippen molar-refractivity contribution in [2.75, 3.05) is 6.54 Å². The number of rotatable bonds is 3. The highest BCUT2D eigenvalue weighted by molar-refractivity contribution is 5.81. The molecule has 0 saturated heterocycles. The minimum absolute atomic E-state index is 0.507. The lowest BCUT2D eigenvalue weighted by Crippen LogP contribution is -2.23. The second kappa shape index (κ2) is 3.71. The van der Waals surface area contributed by atoms with Gasteiger partial charge in [0.25, 0.3) is 0 Å². The molecule has 0 aliphatic rings. The molecule has 0 rings (SSSR count). The number of hydrogen-bond donors (Lipinski definition) is 1. The maximum atomic E-state index is 9.25. The van der Waals surface area contributed by atoms with E-state index in [1.807, 2.05) is 6.92 Å². The van der Waals surface area contributed by atoms with Gasteiger partial charge in [0.2, 0.25) is 0 Å². The monoisotopic (exact) mass is 143 g/mol. The van der Waals surface area contributed by atoms with Gasteiger partial charge in [-0.05, 0) is 27.2 Å². The number of hydrogen-bond acceptors (Lipinski definition) is 2. The molecular weight excluding hydrogens is 126 g/mol. The van der Waals surface area contributed by atoms with Crippen LogP contribution in [0.4, 0.5) is 0 Å². The average molecular weight is 143 g/mol. The lowest BCUT2D eigenvalue weighted by atomic mass is 10.1. The van der Waals surface area contributed by atoms with Crippen LogP contribution in [0, 0.1) is 0 Å². The maximum absolute atomic E-state index is 9.25. The van der Waals surface area contributed by atoms with E-state index in [4.69, 9.17) is 0 Å². The summed E-state index contributed by atoms with van der Waals surface area (Å²) >= 11 is 0. The summed E-state index contributed by atoms with van der Waals surface area (Å²) in [6.45, 7) is 8.07. The van der Waals surface area contributed by atoms with Gasteiger partial charge in [-0.25, -0.2) is 0 Å². The van der Waals surface area contributed by atoms with E-state index in [1.54, 1.807) is 13.8 Å². The highest BCUT2D eigenvalue weighted by Crippen LogP contribution is 2.01. The second-order valence-electron chi connectivity index (χ2n) is 3.22. The van der Waals surface area contributed by atoms with Crippen LogP contribution in [0.1, 0.15) is 34.1 Å². The molecule has 0 fully saturated rings. The molecule has 0 spiro atoms. The summed E-state index contributed by atoms with van der Waals surface area (Å²) in [7, 11) is 0. The van der Waals surface area contributed by atoms with Crippen LogP contribution < -0.4 is 0 Å². The van der Waals surface area contributed by atoms with E-state index in [0.717, 1.165) is 12.1 Å². The summed E-state index contributed by atoms with van der Waals surface area (Å²) in [5.41, 5.74) is 0.443. The largest absolute Gasteiger partial charge is 0.389 e. The molecule has 0 saturated carbocycles. The van der Waals surface area contributed by atoms with Gasteiger partial charge in [0, 0.05) is 5.71 Å². The van der Waals surface area contributed by atoms with Gasteiger partial charge in [-0.15, -0.1) is 0 Å². The lowest BCUT2D eigenvalue weighted by Gasteiger charge is -2.13. The molecule has 0 atom stereocenters. The fourth-order valence-corrected chi connectivity index (χ4v) is 0.440. The maximum Gasteiger partial charge on any atom is 0.0786 e. The van der Waals surface area contributed by atoms with Crippen LogP contribution in [0.25, 0.3) is 0 Å². The Kier molecular flexibility index (Phi) is 3.58. The Bertz CT molecular complexity index is 122. The van der Waals surface area contributed by atoms with Crippen molar-refractivity contribution in [1.29, 1.82) is 0 Å². The van der Waals surface area contributed by atoms with Gasteiger partial charge >= 0.3 is 0 Å². The Labute approximate surface area is 63.0 Å². The summed E-state index contributed by atoms with van der Waals surface area (Å²) < 4.78 is 0. The minimum atomic E-state index is -0.656. The fourth-order valence-electron chi connectivity index (χ4n) is 0.440. The van der Waals surface area contributed by atoms with Crippen molar-refractivity contribution in [3.8, 4) is 0 Å². The van der Waals surface area contributed by atoms with E-state index in [2.05, 4.69) is 11.9 Å². The molecule has 0 aliphatic heterocycles. The molecule has 0 unspecified atom stereocenters. The van der Waals surface area contributed by atoms with Gasteiger partial charge in [0.05, 0.1) is 12.1 Å². The van der Waals surface area contributed by atoms with E-state index in [1.165, 1.54) is 0 Å². The van der Waals surface area contributed by atoms with Crippen molar-refractivity contribution in [1.82, 2.24) is 0 Å². The molecule has 0 radical (unpaired) electrons. The third-order valence-electron chi connectivity index (χ3n) is 1.25. The van der Waals surface area contributed by atoms with Crippen LogP contribution >= 0.6 is 0 Å². The Balaban J connectivity index is 3.73. The van der Waals surface area contributed by atoms with Crippen molar-refractivity contribution in [2.24, 2.45) is 4.99 Å². The van der Waals surface area contributed by atoms with E-state index >= 15 is 0 Å². The number of aliphatic imine (C=N–C) groups is 1. The molecule has 0 bridgehead atoms. The number of aliphatic hydroxyl groups is 1. The van der Waals surface area contributed by atoms with Crippen molar-refractivity contribution in [3.05, 3.63) is 0 Å². The molecule has 0 aromatic carbocycles. The molecule has 0 aromatic heterocycles. The highest BCUT2D eigenvalue weighted by atomic mass is 16.3. The van der Waals surface area contributed by atoms with Crippen LogP contribution in [0.5, 0.6) is 0 Å². The van der Waals surface area contributed by atoms with Crippen molar-refractivity contribution >= 4 is 5.71 Å². The zero-order valence-electron chi connectivity index (χ0n) is 7.31. The Hall–Kier alpha value is -0.370. The quantitative estimate of drug-likeness (QED) is 0.598. The standard InChI is InChI=1S/C8H17NO/c1-5-7(2)9-6-8(3,4)10/h10H,5-6H2,1-4H3. The summed E-state index contributed by atoms with van der Waals surface area (Å²) in [5, 5.41) is 9.25. The minimum Gasteiger partial charge on any atom is -0.389 e. The summed E-state index contributed by atoms with van der Waals surface area (Å²) in [6, 6.07) is 0. The smallest absolute Gasteiger partial charge is 0.0786 e. The van der Waals surface area contributed by atoms with Crippen LogP contribution in [0.3, 0.4) is 0 Å². The van der Waals surface area contributed by atoms with Gasteiger partial charge in [0.1, 0.15) is 0 Å². The van der Waals surface area contributed by atoms with Crippen LogP contribution in [0.15, 0.2) is 4.99 Å². The predicted molar refractivity (Wildman–Crippen MR) is 44.6 cm³/mol. The fraction of sp³-hybridized carbons (Fsp3) is 0.875. The van der Waals surface area contributed by atoms with Crippen LogP contribution in [-0.4, -0.2) is 23.0 Å². The number of nitrogens with zero attached hydrogens (tertiary/aromatic N) is 1. The molecular formula is C8H17NO. The van der Waals surface area contributed by atoms with E-state index < -0.39 is 5.60 Å². The molecule has 2 nitrogen and oxygen atoms in total. The van der Waals surface area contributed by atoms with Gasteiger partial charge in [-0.1, -0.05) is 6.92 Å². The van der Waals surface area contributed by atoms with Crippen molar-refractivity contribution in [3.63, 3.8) is 0 Å². The molecule has 0 heterocycles. The molecule has 10 heavy (non-hydrogen) atoms. The zero-order valence-corrected chi connectivity index (χ0v) is 7.31. The molecule has 0 aromatic rings. The first kappa shape index (κ1) is 9.63. The van der Waals surface area contributed by atoms with E-state index in [0.29, 0.717) is 6.54 Å². The topological polar surface area (TPSA) is 32.6 Å². The highest BCUT2D eigenvalue weighted by Gasteiger charge is 2.10. The molecule has 0 amide bonds. The van der Waals surface area contributed by atoms with E-state index in [9.17, 15) is 5.11 Å². The second-order valence-corrected chi connectivity index (χ2v) is 3.22. The Morgan fingerprint density at radius 1 is 1.50 bits per heavy atom.